The fraction of sp³-hybridized carbons (Fsp3) is 0.143. The summed E-state index contributed by atoms with van der Waals surface area (Å²) in [6, 6.07) is 23.7. The number of primary amides is 1. The summed E-state index contributed by atoms with van der Waals surface area (Å²) in [7, 11) is -1.07. The summed E-state index contributed by atoms with van der Waals surface area (Å²) < 4.78 is 40.2. The molecule has 0 bridgehead atoms. The molecule has 0 spiro atoms. The van der Waals surface area contributed by atoms with E-state index in [0.29, 0.717) is 27.8 Å². The van der Waals surface area contributed by atoms with Crippen molar-refractivity contribution < 1.29 is 22.7 Å². The van der Waals surface area contributed by atoms with Crippen LogP contribution in [-0.4, -0.2) is 32.8 Å². The molecule has 0 fully saturated rings. The zero-order valence-corrected chi connectivity index (χ0v) is 21.2. The molecule has 4 aromatic rings. The van der Waals surface area contributed by atoms with Gasteiger partial charge in [0.15, 0.2) is 0 Å². The summed E-state index contributed by atoms with van der Waals surface area (Å²) in [5.74, 6) is 0.551. The SMILES string of the molecule is COc1ccc(CN(Cc2ccc(OC)cc2)S(=O)(=O)c2cc(C(N)=O)cc3ccc(C#N)cc23)cc1. The van der Waals surface area contributed by atoms with Crippen LogP contribution in [0, 0.1) is 11.3 Å². The third kappa shape index (κ3) is 5.56. The molecule has 0 aliphatic heterocycles. The predicted molar refractivity (Wildman–Crippen MR) is 140 cm³/mol. The van der Waals surface area contributed by atoms with E-state index in [2.05, 4.69) is 0 Å². The highest BCUT2D eigenvalue weighted by atomic mass is 32.2. The number of amides is 1. The average Bonchev–Trinajstić information content (AvgIpc) is 2.92. The lowest BCUT2D eigenvalue weighted by Crippen LogP contribution is -2.30. The van der Waals surface area contributed by atoms with Crippen LogP contribution >= 0.6 is 0 Å². The summed E-state index contributed by atoms with van der Waals surface area (Å²) >= 11 is 0. The number of methoxy groups -OCH3 is 2. The number of hydrogen-bond acceptors (Lipinski definition) is 6. The molecule has 0 aliphatic carbocycles. The molecule has 0 aromatic heterocycles. The summed E-state index contributed by atoms with van der Waals surface area (Å²) in [6.45, 7) is 0.108. The number of hydrogen-bond donors (Lipinski definition) is 1. The number of rotatable bonds is 9. The van der Waals surface area contributed by atoms with Gasteiger partial charge in [0.25, 0.3) is 0 Å². The minimum absolute atomic E-state index is 0.0542. The van der Waals surface area contributed by atoms with Crippen LogP contribution in [0.5, 0.6) is 11.5 Å². The largest absolute Gasteiger partial charge is 0.497 e. The molecule has 8 nitrogen and oxygen atoms in total. The highest BCUT2D eigenvalue weighted by Crippen LogP contribution is 2.31. The second kappa shape index (κ2) is 10.7. The normalized spacial score (nSPS) is 11.3. The molecule has 0 aliphatic rings. The maximum atomic E-state index is 14.2. The Bertz CT molecular complexity index is 1540. The second-order valence-corrected chi connectivity index (χ2v) is 10.3. The number of ether oxygens (including phenoxy) is 2. The van der Waals surface area contributed by atoms with Crippen molar-refractivity contribution in [1.29, 1.82) is 5.26 Å². The van der Waals surface area contributed by atoms with Gasteiger partial charge in [-0.3, -0.25) is 4.79 Å². The number of benzene rings is 4. The summed E-state index contributed by atoms with van der Waals surface area (Å²) in [5, 5.41) is 10.2. The van der Waals surface area contributed by atoms with Crippen molar-refractivity contribution in [3.63, 3.8) is 0 Å². The second-order valence-electron chi connectivity index (χ2n) is 8.36. The van der Waals surface area contributed by atoms with Gasteiger partial charge in [-0.05, 0) is 65.0 Å². The first-order valence-corrected chi connectivity index (χ1v) is 12.7. The van der Waals surface area contributed by atoms with Crippen molar-refractivity contribution in [2.24, 2.45) is 5.73 Å². The van der Waals surface area contributed by atoms with E-state index in [4.69, 9.17) is 15.2 Å². The molecular weight excluding hydrogens is 490 g/mol. The maximum absolute atomic E-state index is 14.2. The maximum Gasteiger partial charge on any atom is 0.248 e. The van der Waals surface area contributed by atoms with Crippen molar-refractivity contribution in [3.05, 3.63) is 101 Å². The number of fused-ring (bicyclic) bond motifs is 1. The van der Waals surface area contributed by atoms with Gasteiger partial charge in [-0.2, -0.15) is 9.57 Å². The molecule has 0 saturated heterocycles. The quantitative estimate of drug-likeness (QED) is 0.356. The van der Waals surface area contributed by atoms with Crippen LogP contribution in [0.3, 0.4) is 0 Å². The zero-order chi connectivity index (χ0) is 26.6. The molecule has 1 amide bonds. The van der Waals surface area contributed by atoms with Crippen LogP contribution < -0.4 is 15.2 Å². The first-order valence-electron chi connectivity index (χ1n) is 11.3. The number of sulfonamides is 1. The molecule has 4 rings (SSSR count). The summed E-state index contributed by atoms with van der Waals surface area (Å²) in [4.78, 5) is 12.0. The van der Waals surface area contributed by atoms with Crippen molar-refractivity contribution in [1.82, 2.24) is 4.31 Å². The van der Waals surface area contributed by atoms with Crippen LogP contribution in [-0.2, 0) is 23.1 Å². The Morgan fingerprint density at radius 1 is 0.865 bits per heavy atom. The molecule has 188 valence electrons. The smallest absolute Gasteiger partial charge is 0.248 e. The van der Waals surface area contributed by atoms with E-state index in [-0.39, 0.29) is 23.5 Å². The topological polar surface area (TPSA) is 123 Å². The first-order chi connectivity index (χ1) is 17.7. The van der Waals surface area contributed by atoms with E-state index in [9.17, 15) is 18.5 Å². The van der Waals surface area contributed by atoms with Gasteiger partial charge in [0.2, 0.25) is 15.9 Å². The van der Waals surface area contributed by atoms with Gasteiger partial charge in [-0.1, -0.05) is 30.3 Å². The highest BCUT2D eigenvalue weighted by Gasteiger charge is 2.28. The van der Waals surface area contributed by atoms with Gasteiger partial charge in [0.05, 0.1) is 30.7 Å². The molecular formula is C28H25N3O5S. The minimum Gasteiger partial charge on any atom is -0.497 e. The van der Waals surface area contributed by atoms with E-state index in [0.717, 1.165) is 11.1 Å². The molecule has 2 N–H and O–H groups in total. The molecule has 0 saturated carbocycles. The Balaban J connectivity index is 1.87. The Hall–Kier alpha value is -4.39. The Kier molecular flexibility index (Phi) is 7.43. The third-order valence-corrected chi connectivity index (χ3v) is 7.82. The predicted octanol–water partition coefficient (Wildman–Crippen LogP) is 4.22. The minimum atomic E-state index is -4.18. The standard InChI is InChI=1S/C28H25N3O5S/c1-35-24-9-4-19(5-10-24)17-31(18-20-6-11-25(36-2)12-7-20)37(33,34)27-15-23(28(30)32)14-22-8-3-21(16-29)13-26(22)27/h3-15H,17-18H2,1-2H3,(H2,30,32). The highest BCUT2D eigenvalue weighted by molar-refractivity contribution is 7.89. The zero-order valence-electron chi connectivity index (χ0n) is 20.3. The van der Waals surface area contributed by atoms with Gasteiger partial charge >= 0.3 is 0 Å². The lowest BCUT2D eigenvalue weighted by Gasteiger charge is -2.24. The molecule has 37 heavy (non-hydrogen) atoms. The fourth-order valence-corrected chi connectivity index (χ4v) is 5.63. The van der Waals surface area contributed by atoms with E-state index in [1.165, 1.54) is 22.5 Å². The van der Waals surface area contributed by atoms with Gasteiger partial charge in [-0.15, -0.1) is 0 Å². The molecule has 4 aromatic carbocycles. The van der Waals surface area contributed by atoms with Gasteiger partial charge in [0.1, 0.15) is 11.5 Å². The lowest BCUT2D eigenvalue weighted by molar-refractivity contribution is 0.1000. The number of nitriles is 1. The third-order valence-electron chi connectivity index (χ3n) is 5.98. The van der Waals surface area contributed by atoms with Gasteiger partial charge < -0.3 is 15.2 Å². The van der Waals surface area contributed by atoms with Crippen molar-refractivity contribution in [3.8, 4) is 17.6 Å². The fourth-order valence-electron chi connectivity index (χ4n) is 3.98. The van der Waals surface area contributed by atoms with E-state index in [1.807, 2.05) is 6.07 Å². The van der Waals surface area contributed by atoms with Crippen molar-refractivity contribution >= 4 is 26.7 Å². The number of nitrogens with zero attached hydrogens (tertiary/aromatic N) is 2. The Morgan fingerprint density at radius 3 is 1.86 bits per heavy atom. The van der Waals surface area contributed by atoms with Crippen LogP contribution in [0.25, 0.3) is 10.8 Å². The van der Waals surface area contributed by atoms with Crippen molar-refractivity contribution in [2.45, 2.75) is 18.0 Å². The Morgan fingerprint density at radius 2 is 1.41 bits per heavy atom. The number of carbonyl (C=O) groups is 1. The van der Waals surface area contributed by atoms with Crippen LogP contribution in [0.4, 0.5) is 0 Å². The Labute approximate surface area is 215 Å². The first kappa shape index (κ1) is 25.7. The molecule has 0 radical (unpaired) electrons. The van der Waals surface area contributed by atoms with Gasteiger partial charge in [-0.25, -0.2) is 8.42 Å². The van der Waals surface area contributed by atoms with E-state index in [1.54, 1.807) is 74.9 Å². The number of nitrogens with two attached hydrogens (primary N) is 1. The monoisotopic (exact) mass is 515 g/mol. The van der Waals surface area contributed by atoms with Crippen molar-refractivity contribution in [2.75, 3.05) is 14.2 Å². The molecule has 0 heterocycles. The van der Waals surface area contributed by atoms with E-state index >= 15 is 0 Å². The lowest BCUT2D eigenvalue weighted by atomic mass is 10.0. The summed E-state index contributed by atoms with van der Waals surface area (Å²) in [5.41, 5.74) is 7.37. The van der Waals surface area contributed by atoms with E-state index < -0.39 is 15.9 Å². The summed E-state index contributed by atoms with van der Waals surface area (Å²) in [6.07, 6.45) is 0. The number of carbonyl (C=O) groups excluding carboxylic acids is 1. The van der Waals surface area contributed by atoms with Gasteiger partial charge in [0, 0.05) is 24.0 Å². The molecule has 0 unspecified atom stereocenters. The van der Waals surface area contributed by atoms with Crippen LogP contribution in [0.2, 0.25) is 0 Å². The average molecular weight is 516 g/mol. The van der Waals surface area contributed by atoms with Crippen LogP contribution in [0.1, 0.15) is 27.0 Å². The molecule has 0 atom stereocenters. The van der Waals surface area contributed by atoms with Crippen LogP contribution in [0.15, 0.2) is 83.8 Å². The molecule has 9 heteroatoms.